The fourth-order valence-electron chi connectivity index (χ4n) is 5.56. The van der Waals surface area contributed by atoms with Crippen LogP contribution in [0, 0.1) is 0 Å². The van der Waals surface area contributed by atoms with Gasteiger partial charge in [0.1, 0.15) is 11.6 Å². The zero-order chi connectivity index (χ0) is 34.0. The molecular formula is C33H47ClN6O3. The number of halogens is 1. The van der Waals surface area contributed by atoms with Gasteiger partial charge in [0.15, 0.2) is 6.10 Å². The molecule has 2 amide bonds. The van der Waals surface area contributed by atoms with E-state index < -0.39 is 17.6 Å². The number of nitrogens with zero attached hydrogens (tertiary/aromatic N) is 5. The van der Waals surface area contributed by atoms with Crippen molar-refractivity contribution in [2.45, 2.75) is 63.4 Å². The molecule has 2 heterocycles. The molecule has 0 spiro atoms. The molecule has 1 N–H and O–H groups in total. The van der Waals surface area contributed by atoms with Crippen LogP contribution in [0.25, 0.3) is 0 Å². The monoisotopic (exact) mass is 614 g/mol. The molecule has 0 bridgehead atoms. The number of piperazine rings is 1. The van der Waals surface area contributed by atoms with E-state index >= 15 is 0 Å². The van der Waals surface area contributed by atoms with Gasteiger partial charge in [-0.3, -0.25) is 14.5 Å². The molecule has 2 aromatic carbocycles. The van der Waals surface area contributed by atoms with Gasteiger partial charge in [-0.15, -0.1) is 0 Å². The van der Waals surface area contributed by atoms with Gasteiger partial charge in [-0.05, 0) is 84.6 Å². The van der Waals surface area contributed by atoms with Crippen molar-refractivity contribution < 1.29 is 19.8 Å². The Morgan fingerprint density at radius 3 is 2.63 bits per heavy atom. The largest absolute Gasteiger partial charge is 0.454 e. The third-order valence-electron chi connectivity index (χ3n) is 7.87. The molecule has 0 aromatic heterocycles. The third kappa shape index (κ3) is 8.49. The number of amidine groups is 1. The summed E-state index contributed by atoms with van der Waals surface area (Å²) in [5.74, 6) is -0.620. The Kier molecular flexibility index (Phi) is 9.28. The van der Waals surface area contributed by atoms with Crippen molar-refractivity contribution in [2.24, 2.45) is 4.99 Å². The van der Waals surface area contributed by atoms with Gasteiger partial charge in [-0.1, -0.05) is 60.5 Å². The average Bonchev–Trinajstić information content (AvgIpc) is 3.41. The van der Waals surface area contributed by atoms with Gasteiger partial charge in [-0.2, -0.15) is 0 Å². The minimum Gasteiger partial charge on any atom is -0.454 e. The van der Waals surface area contributed by atoms with Crippen LogP contribution in [-0.4, -0.2) is 109 Å². The van der Waals surface area contributed by atoms with E-state index in [1.54, 1.807) is 21.9 Å². The summed E-state index contributed by atoms with van der Waals surface area (Å²) in [5.41, 5.74) is 1.29. The van der Waals surface area contributed by atoms with Crippen LogP contribution in [0.15, 0.2) is 59.6 Å². The molecule has 1 fully saturated rings. The van der Waals surface area contributed by atoms with Gasteiger partial charge in [-0.25, -0.2) is 4.99 Å². The molecule has 1 saturated heterocycles. The molecule has 4 rings (SSSR count). The maximum atomic E-state index is 14.3. The highest BCUT2D eigenvalue weighted by Crippen LogP contribution is 2.38. The number of rotatable bonds is 11. The number of carbonyl (C=O) groups is 2. The van der Waals surface area contributed by atoms with Gasteiger partial charge >= 0.3 is 0 Å². The molecule has 9 nitrogen and oxygen atoms in total. The van der Waals surface area contributed by atoms with Gasteiger partial charge < -0.3 is 24.8 Å². The minimum absolute atomic E-state index is 0.0337. The van der Waals surface area contributed by atoms with Crippen molar-refractivity contribution >= 4 is 29.4 Å². The Hall–Kier alpha value is -3.14. The SMILES string of the molecule is [2H]CN(C[2H])CCCC[C@@H](C(=O)N1CCN(C2=NC(C)(C)C(c3ccccc3)O2)C[C@H]1C(=O)NCc1cccc(Cl)c1)N(C[2H])C[2H]. The molecule has 2 aliphatic heterocycles. The van der Waals surface area contributed by atoms with E-state index in [9.17, 15) is 9.59 Å². The number of ether oxygens (including phenoxy) is 1. The summed E-state index contributed by atoms with van der Waals surface area (Å²) in [7, 11) is -0.382. The molecule has 234 valence electrons. The van der Waals surface area contributed by atoms with Gasteiger partial charge in [0, 0.05) is 30.1 Å². The highest BCUT2D eigenvalue weighted by atomic mass is 35.5. The average molecular weight is 615 g/mol. The fraction of sp³-hybridized carbons (Fsp3) is 0.545. The first-order valence-electron chi connectivity index (χ1n) is 17.5. The van der Waals surface area contributed by atoms with Crippen LogP contribution in [0.2, 0.25) is 5.02 Å². The summed E-state index contributed by atoms with van der Waals surface area (Å²) >= 11 is 6.17. The molecule has 3 atom stereocenters. The second kappa shape index (κ2) is 14.6. The predicted octanol–water partition coefficient (Wildman–Crippen LogP) is 4.04. The lowest BCUT2D eigenvalue weighted by molar-refractivity contribution is -0.147. The highest BCUT2D eigenvalue weighted by Gasteiger charge is 2.45. The van der Waals surface area contributed by atoms with Crippen molar-refractivity contribution in [3.05, 3.63) is 70.7 Å². The summed E-state index contributed by atoms with van der Waals surface area (Å²) in [6.45, 7) is 5.62. The number of likely N-dealkylation sites (N-methyl/N-ethyl adjacent to an activating group) is 1. The van der Waals surface area contributed by atoms with Crippen LogP contribution in [0.5, 0.6) is 0 Å². The van der Waals surface area contributed by atoms with Crippen molar-refractivity contribution in [1.29, 1.82) is 0 Å². The van der Waals surface area contributed by atoms with Crippen molar-refractivity contribution in [1.82, 2.24) is 24.9 Å². The Bertz CT molecular complexity index is 1350. The van der Waals surface area contributed by atoms with Crippen molar-refractivity contribution in [3.8, 4) is 0 Å². The smallest absolute Gasteiger partial charge is 0.288 e. The second-order valence-corrected chi connectivity index (χ2v) is 12.2. The van der Waals surface area contributed by atoms with Crippen LogP contribution in [0.1, 0.15) is 55.8 Å². The fourth-order valence-corrected chi connectivity index (χ4v) is 5.77. The van der Waals surface area contributed by atoms with Gasteiger partial charge in [0.25, 0.3) is 6.02 Å². The maximum absolute atomic E-state index is 14.3. The topological polar surface area (TPSA) is 80.7 Å². The Labute approximate surface area is 267 Å². The molecule has 2 aromatic rings. The first-order chi connectivity index (χ1) is 22.6. The van der Waals surface area contributed by atoms with E-state index in [1.165, 1.54) is 4.90 Å². The zero-order valence-electron chi connectivity index (χ0n) is 29.3. The van der Waals surface area contributed by atoms with E-state index in [-0.39, 0.29) is 65.6 Å². The Morgan fingerprint density at radius 1 is 1.12 bits per heavy atom. The summed E-state index contributed by atoms with van der Waals surface area (Å²) in [4.78, 5) is 39.8. The van der Waals surface area contributed by atoms with E-state index in [4.69, 9.17) is 26.8 Å². The van der Waals surface area contributed by atoms with Crippen molar-refractivity contribution in [2.75, 3.05) is 54.3 Å². The van der Waals surface area contributed by atoms with Crippen LogP contribution in [-0.2, 0) is 20.9 Å². The quantitative estimate of drug-likeness (QED) is 0.385. The second-order valence-electron chi connectivity index (χ2n) is 11.8. The normalized spacial score (nSPS) is 21.8. The molecule has 0 radical (unpaired) electrons. The molecule has 43 heavy (non-hydrogen) atoms. The number of nitrogens with one attached hydrogen (secondary N) is 1. The summed E-state index contributed by atoms with van der Waals surface area (Å²) in [6.07, 6.45) is 1.40. The van der Waals surface area contributed by atoms with Crippen molar-refractivity contribution in [3.63, 3.8) is 0 Å². The zero-order valence-corrected chi connectivity index (χ0v) is 26.0. The number of hydrogen-bond acceptors (Lipinski definition) is 7. The lowest BCUT2D eigenvalue weighted by Gasteiger charge is -2.42. The number of aliphatic imine (C=N–C) groups is 1. The Balaban J connectivity index is 1.55. The van der Waals surface area contributed by atoms with Gasteiger partial charge in [0.05, 0.1) is 12.6 Å². The standard InChI is InChI=1S/C33H47ClN6O3/c1-33(2)29(25-14-8-7-9-15-25)43-32(36-33)39-19-20-40(31(42)27(38(5)6)17-10-11-18-37(3)4)28(23-39)30(41)35-22-24-13-12-16-26(34)21-24/h7-9,12-16,21,27-29H,10-11,17-20,22-23H2,1-6H3,(H,35,41)/t27-,28-,29?/m0/s1/i3D,4D,5D,6D. The minimum atomic E-state index is -0.872. The number of amides is 2. The molecule has 1 unspecified atom stereocenters. The number of benzene rings is 2. The maximum Gasteiger partial charge on any atom is 0.288 e. The van der Waals surface area contributed by atoms with E-state index in [1.807, 2.05) is 61.2 Å². The molecule has 0 saturated carbocycles. The molecule has 2 aliphatic rings. The van der Waals surface area contributed by atoms with E-state index in [0.717, 1.165) is 11.1 Å². The predicted molar refractivity (Wildman–Crippen MR) is 172 cm³/mol. The number of carbonyl (C=O) groups excluding carboxylic acids is 2. The van der Waals surface area contributed by atoms with Crippen LogP contribution < -0.4 is 5.32 Å². The van der Waals surface area contributed by atoms with E-state index in [0.29, 0.717) is 43.4 Å². The highest BCUT2D eigenvalue weighted by molar-refractivity contribution is 6.30. The summed E-state index contributed by atoms with van der Waals surface area (Å²) in [6, 6.07) is 15.9. The molecule has 0 aliphatic carbocycles. The Morgan fingerprint density at radius 2 is 1.91 bits per heavy atom. The first kappa shape index (κ1) is 27.4. The lowest BCUT2D eigenvalue weighted by atomic mass is 9.93. The lowest BCUT2D eigenvalue weighted by Crippen LogP contribution is -2.64. The number of hydrogen-bond donors (Lipinski definition) is 1. The summed E-state index contributed by atoms with van der Waals surface area (Å²) < 4.78 is 37.6. The number of unbranched alkanes of at least 4 members (excludes halogenated alkanes) is 1. The van der Waals surface area contributed by atoms with Crippen LogP contribution >= 0.6 is 11.6 Å². The third-order valence-corrected chi connectivity index (χ3v) is 8.11. The van der Waals surface area contributed by atoms with Crippen LogP contribution in [0.4, 0.5) is 0 Å². The van der Waals surface area contributed by atoms with E-state index in [2.05, 4.69) is 5.32 Å². The first-order valence-corrected chi connectivity index (χ1v) is 15.0. The van der Waals surface area contributed by atoms with Crippen LogP contribution in [0.3, 0.4) is 0 Å². The molecule has 10 heteroatoms. The van der Waals surface area contributed by atoms with Gasteiger partial charge in [0.2, 0.25) is 11.8 Å². The summed E-state index contributed by atoms with van der Waals surface area (Å²) in [5, 5.41) is 3.55. The molecular weight excluding hydrogens is 564 g/mol.